The first kappa shape index (κ1) is 14.8. The van der Waals surface area contributed by atoms with Crippen molar-refractivity contribution in [1.29, 1.82) is 0 Å². The summed E-state index contributed by atoms with van der Waals surface area (Å²) in [7, 11) is 0. The maximum absolute atomic E-state index is 12.2. The molecule has 1 amide bonds. The summed E-state index contributed by atoms with van der Waals surface area (Å²) in [5, 5.41) is 15.6. The topological polar surface area (TPSA) is 84.2 Å². The number of anilines is 1. The molecule has 2 rings (SSSR count). The number of carbonyl (C=O) groups excluding carboxylic acids is 1. The third kappa shape index (κ3) is 3.28. The molecule has 0 fully saturated rings. The Morgan fingerprint density at radius 2 is 2.05 bits per heavy atom. The first-order chi connectivity index (χ1) is 9.88. The van der Waals surface area contributed by atoms with Crippen LogP contribution < -0.4 is 5.32 Å². The van der Waals surface area contributed by atoms with Crippen LogP contribution in [-0.4, -0.2) is 26.8 Å². The van der Waals surface area contributed by atoms with Crippen LogP contribution in [0.4, 0.5) is 5.69 Å². The van der Waals surface area contributed by atoms with Crippen LogP contribution in [0.25, 0.3) is 0 Å². The zero-order valence-corrected chi connectivity index (χ0v) is 12.1. The van der Waals surface area contributed by atoms with Crippen molar-refractivity contribution in [2.75, 3.05) is 5.32 Å². The molecule has 6 nitrogen and oxygen atoms in total. The number of amides is 1. The number of carboxylic acid groups (broad SMARTS) is 1. The summed E-state index contributed by atoms with van der Waals surface area (Å²) < 4.78 is 1.25. The average Bonchev–Trinajstić information content (AvgIpc) is 2.91. The molecule has 0 spiro atoms. The van der Waals surface area contributed by atoms with E-state index in [2.05, 4.69) is 10.4 Å². The van der Waals surface area contributed by atoms with Gasteiger partial charge in [0.15, 0.2) is 0 Å². The van der Waals surface area contributed by atoms with Crippen LogP contribution in [0, 0.1) is 13.8 Å². The number of carboxylic acids is 1. The molecule has 1 atom stereocenters. The molecule has 0 saturated heterocycles. The van der Waals surface area contributed by atoms with Crippen molar-refractivity contribution in [2.24, 2.45) is 0 Å². The van der Waals surface area contributed by atoms with Crippen LogP contribution in [0.3, 0.4) is 0 Å². The van der Waals surface area contributed by atoms with E-state index < -0.39 is 12.0 Å². The molecular formula is C15H17N3O3. The van der Waals surface area contributed by atoms with Gasteiger partial charge in [-0.25, -0.2) is 4.79 Å². The van der Waals surface area contributed by atoms with E-state index in [4.69, 9.17) is 5.11 Å². The quantitative estimate of drug-likeness (QED) is 0.904. The van der Waals surface area contributed by atoms with E-state index in [0.717, 1.165) is 16.8 Å². The molecule has 110 valence electrons. The maximum atomic E-state index is 12.2. The highest BCUT2D eigenvalue weighted by Gasteiger charge is 2.17. The lowest BCUT2D eigenvalue weighted by atomic mass is 10.1. The van der Waals surface area contributed by atoms with Crippen LogP contribution in [0.2, 0.25) is 0 Å². The third-order valence-corrected chi connectivity index (χ3v) is 3.26. The van der Waals surface area contributed by atoms with Crippen LogP contribution in [0.5, 0.6) is 0 Å². The predicted molar refractivity (Wildman–Crippen MR) is 78.4 cm³/mol. The summed E-state index contributed by atoms with van der Waals surface area (Å²) in [5.41, 5.74) is 3.06. The van der Waals surface area contributed by atoms with Crippen LogP contribution in [-0.2, 0) is 4.79 Å². The highest BCUT2D eigenvalue weighted by Crippen LogP contribution is 2.17. The zero-order valence-electron chi connectivity index (χ0n) is 12.1. The van der Waals surface area contributed by atoms with Crippen molar-refractivity contribution in [3.63, 3.8) is 0 Å². The van der Waals surface area contributed by atoms with E-state index in [9.17, 15) is 9.59 Å². The minimum Gasteiger partial charge on any atom is -0.480 e. The summed E-state index contributed by atoms with van der Waals surface area (Å²) in [4.78, 5) is 23.1. The van der Waals surface area contributed by atoms with Crippen molar-refractivity contribution in [2.45, 2.75) is 26.8 Å². The summed E-state index contributed by atoms with van der Waals surface area (Å²) in [6.07, 6.45) is 2.79. The molecule has 1 aromatic carbocycles. The number of rotatable bonds is 4. The largest absolute Gasteiger partial charge is 0.480 e. The Hall–Kier alpha value is -2.63. The lowest BCUT2D eigenvalue weighted by Gasteiger charge is -2.08. The highest BCUT2D eigenvalue weighted by atomic mass is 16.4. The Labute approximate surface area is 122 Å². The molecule has 2 N–H and O–H groups in total. The smallest absolute Gasteiger partial charge is 0.328 e. The molecule has 6 heteroatoms. The number of aryl methyl sites for hydroxylation is 2. The molecular weight excluding hydrogens is 270 g/mol. The van der Waals surface area contributed by atoms with E-state index >= 15 is 0 Å². The molecule has 0 bridgehead atoms. The Kier molecular flexibility index (Phi) is 4.07. The van der Waals surface area contributed by atoms with Gasteiger partial charge in [0, 0.05) is 11.9 Å². The number of hydrogen-bond donors (Lipinski definition) is 2. The number of hydrogen-bond acceptors (Lipinski definition) is 3. The van der Waals surface area contributed by atoms with Gasteiger partial charge in [-0.05, 0) is 38.0 Å². The van der Waals surface area contributed by atoms with E-state index in [1.807, 2.05) is 32.0 Å². The van der Waals surface area contributed by atoms with E-state index in [-0.39, 0.29) is 5.91 Å². The number of aromatic nitrogens is 2. The molecule has 0 radical (unpaired) electrons. The van der Waals surface area contributed by atoms with Crippen molar-refractivity contribution in [1.82, 2.24) is 9.78 Å². The second-order valence-corrected chi connectivity index (χ2v) is 5.00. The lowest BCUT2D eigenvalue weighted by molar-refractivity contribution is -0.140. The number of carbonyl (C=O) groups is 2. The fraction of sp³-hybridized carbons (Fsp3) is 0.267. The molecule has 21 heavy (non-hydrogen) atoms. The van der Waals surface area contributed by atoms with Gasteiger partial charge < -0.3 is 10.4 Å². The van der Waals surface area contributed by atoms with Gasteiger partial charge in [-0.2, -0.15) is 5.10 Å². The van der Waals surface area contributed by atoms with Gasteiger partial charge in [0.1, 0.15) is 6.04 Å². The molecule has 0 aliphatic rings. The van der Waals surface area contributed by atoms with Gasteiger partial charge in [-0.1, -0.05) is 12.1 Å². The van der Waals surface area contributed by atoms with Crippen molar-refractivity contribution in [3.05, 3.63) is 47.3 Å². The minimum atomic E-state index is -1.00. The zero-order chi connectivity index (χ0) is 15.6. The average molecular weight is 287 g/mol. The minimum absolute atomic E-state index is 0.312. The van der Waals surface area contributed by atoms with Crippen molar-refractivity contribution >= 4 is 17.6 Å². The Bertz CT molecular complexity index is 691. The van der Waals surface area contributed by atoms with Gasteiger partial charge in [0.05, 0.1) is 11.8 Å². The number of nitrogens with one attached hydrogen (secondary N) is 1. The summed E-state index contributed by atoms with van der Waals surface area (Å²) in [6.45, 7) is 5.36. The second kappa shape index (κ2) is 5.78. The van der Waals surface area contributed by atoms with Crippen LogP contribution >= 0.6 is 0 Å². The normalized spacial score (nSPS) is 12.0. The van der Waals surface area contributed by atoms with Gasteiger partial charge in [0.2, 0.25) is 0 Å². The van der Waals surface area contributed by atoms with Gasteiger partial charge in [0.25, 0.3) is 5.91 Å². The fourth-order valence-corrected chi connectivity index (χ4v) is 1.85. The van der Waals surface area contributed by atoms with E-state index in [1.54, 1.807) is 0 Å². The maximum Gasteiger partial charge on any atom is 0.328 e. The Morgan fingerprint density at radius 1 is 1.33 bits per heavy atom. The SMILES string of the molecule is Cc1ccc(C)c(NC(=O)c2cnn(C(C)C(=O)O)c2)c1. The molecule has 1 unspecified atom stereocenters. The van der Waals surface area contributed by atoms with Crippen LogP contribution in [0.15, 0.2) is 30.6 Å². The van der Waals surface area contributed by atoms with Gasteiger partial charge >= 0.3 is 5.97 Å². The number of aliphatic carboxylic acids is 1. The van der Waals surface area contributed by atoms with Crippen molar-refractivity contribution < 1.29 is 14.7 Å². The predicted octanol–water partition coefficient (Wildman–Crippen LogP) is 2.40. The molecule has 2 aromatic rings. The van der Waals surface area contributed by atoms with Gasteiger partial charge in [-0.3, -0.25) is 9.48 Å². The number of nitrogens with zero attached hydrogens (tertiary/aromatic N) is 2. The molecule has 0 saturated carbocycles. The first-order valence-corrected chi connectivity index (χ1v) is 6.54. The summed E-state index contributed by atoms with van der Waals surface area (Å²) in [5.74, 6) is -1.31. The van der Waals surface area contributed by atoms with E-state index in [1.165, 1.54) is 24.0 Å². The van der Waals surface area contributed by atoms with Crippen molar-refractivity contribution in [3.8, 4) is 0 Å². The summed E-state index contributed by atoms with van der Waals surface area (Å²) >= 11 is 0. The van der Waals surface area contributed by atoms with Crippen LogP contribution in [0.1, 0.15) is 34.5 Å². The molecule has 0 aliphatic carbocycles. The standard InChI is InChI=1S/C15H17N3O3/c1-9-4-5-10(2)13(6-9)17-14(19)12-7-16-18(8-12)11(3)15(20)21/h4-8,11H,1-3H3,(H,17,19)(H,20,21). The monoisotopic (exact) mass is 287 g/mol. The van der Waals surface area contributed by atoms with E-state index in [0.29, 0.717) is 5.56 Å². The highest BCUT2D eigenvalue weighted by molar-refractivity contribution is 6.04. The van der Waals surface area contributed by atoms with Gasteiger partial charge in [-0.15, -0.1) is 0 Å². The molecule has 1 heterocycles. The fourth-order valence-electron chi connectivity index (χ4n) is 1.85. The summed E-state index contributed by atoms with van der Waals surface area (Å²) in [6, 6.07) is 4.97. The molecule has 0 aliphatic heterocycles. The third-order valence-electron chi connectivity index (χ3n) is 3.26. The number of benzene rings is 1. The Morgan fingerprint density at radius 3 is 2.71 bits per heavy atom. The first-order valence-electron chi connectivity index (χ1n) is 6.54. The Balaban J connectivity index is 2.17. The lowest BCUT2D eigenvalue weighted by Crippen LogP contribution is -2.16. The molecule has 1 aromatic heterocycles. The second-order valence-electron chi connectivity index (χ2n) is 5.00.